The van der Waals surface area contributed by atoms with E-state index in [1.165, 1.54) is 0 Å². The molecule has 0 atom stereocenters. The van der Waals surface area contributed by atoms with Crippen LogP contribution in [0, 0.1) is 0 Å². The predicted octanol–water partition coefficient (Wildman–Crippen LogP) is 8.50. The van der Waals surface area contributed by atoms with Gasteiger partial charge in [0.25, 0.3) is 0 Å². The van der Waals surface area contributed by atoms with E-state index in [0.29, 0.717) is 34.4 Å². The number of carbonyl (C=O) groups is 1. The summed E-state index contributed by atoms with van der Waals surface area (Å²) in [6, 6.07) is 44.1. The molecule has 1 aliphatic rings. The minimum absolute atomic E-state index is 0.229. The second-order valence-corrected chi connectivity index (χ2v) is 10.8. The Bertz CT molecular complexity index is 1890. The molecule has 0 saturated carbocycles. The van der Waals surface area contributed by atoms with Crippen molar-refractivity contribution < 1.29 is 19.4 Å². The summed E-state index contributed by atoms with van der Waals surface area (Å²) in [5.41, 5.74) is 18.4. The van der Waals surface area contributed by atoms with Crippen LogP contribution in [0.1, 0.15) is 32.6 Å². The zero-order valence-electron chi connectivity index (χ0n) is 23.6. The standard InChI is InChI=1S/C38H28N2O4/c39-27-10-18-31(19-11-27)43-29-14-6-25(7-15-29)38(26-8-16-30(17-9-26)44-32-20-12-28(40)13-21-32)35-4-2-1-3-33(35)34-22-5-24(37(41)42)23-36(34)38/h1-23H,39-40H2,(H,41,42). The van der Waals surface area contributed by atoms with Crippen LogP contribution < -0.4 is 20.9 Å². The van der Waals surface area contributed by atoms with Crippen LogP contribution in [0.3, 0.4) is 0 Å². The Morgan fingerprint density at radius 1 is 0.523 bits per heavy atom. The zero-order valence-corrected chi connectivity index (χ0v) is 23.6. The average molecular weight is 577 g/mol. The minimum Gasteiger partial charge on any atom is -0.478 e. The van der Waals surface area contributed by atoms with Crippen LogP contribution in [0.15, 0.2) is 140 Å². The molecule has 0 bridgehead atoms. The lowest BCUT2D eigenvalue weighted by Crippen LogP contribution is -2.28. The molecule has 6 nitrogen and oxygen atoms in total. The van der Waals surface area contributed by atoms with Crippen LogP contribution >= 0.6 is 0 Å². The quantitative estimate of drug-likeness (QED) is 0.164. The number of rotatable bonds is 7. The van der Waals surface area contributed by atoms with E-state index in [-0.39, 0.29) is 5.56 Å². The number of aromatic carboxylic acids is 1. The Morgan fingerprint density at radius 2 is 0.955 bits per heavy atom. The summed E-state index contributed by atoms with van der Waals surface area (Å²) in [6.07, 6.45) is 0. The molecule has 0 saturated heterocycles. The third kappa shape index (κ3) is 4.59. The van der Waals surface area contributed by atoms with Gasteiger partial charge in [0.1, 0.15) is 23.0 Å². The highest BCUT2D eigenvalue weighted by Gasteiger charge is 2.46. The van der Waals surface area contributed by atoms with Crippen molar-refractivity contribution in [3.8, 4) is 34.1 Å². The van der Waals surface area contributed by atoms with E-state index in [9.17, 15) is 9.90 Å². The molecule has 0 aliphatic heterocycles. The van der Waals surface area contributed by atoms with Gasteiger partial charge in [-0.2, -0.15) is 0 Å². The number of carboxylic acids is 1. The highest BCUT2D eigenvalue weighted by molar-refractivity contribution is 5.93. The van der Waals surface area contributed by atoms with Crippen LogP contribution in [0.4, 0.5) is 11.4 Å². The summed E-state index contributed by atoms with van der Waals surface area (Å²) < 4.78 is 12.2. The van der Waals surface area contributed by atoms with Crippen LogP contribution in [0.25, 0.3) is 11.1 Å². The van der Waals surface area contributed by atoms with E-state index < -0.39 is 11.4 Å². The molecule has 0 spiro atoms. The van der Waals surface area contributed by atoms with Gasteiger partial charge in [-0.05, 0) is 118 Å². The van der Waals surface area contributed by atoms with Crippen molar-refractivity contribution in [1.29, 1.82) is 0 Å². The molecule has 6 aromatic rings. The van der Waals surface area contributed by atoms with Crippen molar-refractivity contribution in [2.45, 2.75) is 5.41 Å². The highest BCUT2D eigenvalue weighted by Crippen LogP contribution is 2.56. The van der Waals surface area contributed by atoms with Crippen molar-refractivity contribution >= 4 is 17.3 Å². The number of hydrogen-bond donors (Lipinski definition) is 3. The number of nitrogens with two attached hydrogens (primary N) is 2. The molecular weight excluding hydrogens is 548 g/mol. The van der Waals surface area contributed by atoms with E-state index in [4.69, 9.17) is 20.9 Å². The van der Waals surface area contributed by atoms with Gasteiger partial charge in [-0.3, -0.25) is 0 Å². The Morgan fingerprint density at radius 3 is 1.43 bits per heavy atom. The Labute approximate surface area is 254 Å². The first-order chi connectivity index (χ1) is 21.4. The monoisotopic (exact) mass is 576 g/mol. The maximum absolute atomic E-state index is 12.2. The fraction of sp³-hybridized carbons (Fsp3) is 0.0263. The van der Waals surface area contributed by atoms with Crippen molar-refractivity contribution in [3.63, 3.8) is 0 Å². The number of nitrogen functional groups attached to an aromatic ring is 2. The maximum Gasteiger partial charge on any atom is 0.335 e. The summed E-state index contributed by atoms with van der Waals surface area (Å²) in [7, 11) is 0. The van der Waals surface area contributed by atoms with Gasteiger partial charge in [0.2, 0.25) is 0 Å². The molecule has 0 radical (unpaired) electrons. The van der Waals surface area contributed by atoms with E-state index in [2.05, 4.69) is 12.1 Å². The lowest BCUT2D eigenvalue weighted by Gasteiger charge is -2.34. The molecule has 214 valence electrons. The molecule has 6 heteroatoms. The molecule has 7 rings (SSSR count). The largest absolute Gasteiger partial charge is 0.478 e. The Balaban J connectivity index is 1.38. The number of benzene rings is 6. The lowest BCUT2D eigenvalue weighted by atomic mass is 9.67. The summed E-state index contributed by atoms with van der Waals surface area (Å²) in [4.78, 5) is 12.2. The number of hydrogen-bond acceptors (Lipinski definition) is 5. The third-order valence-electron chi connectivity index (χ3n) is 8.10. The van der Waals surface area contributed by atoms with Crippen LogP contribution in [0.2, 0.25) is 0 Å². The van der Waals surface area contributed by atoms with Crippen LogP contribution in [-0.4, -0.2) is 11.1 Å². The van der Waals surface area contributed by atoms with Gasteiger partial charge in [0.15, 0.2) is 0 Å². The predicted molar refractivity (Wildman–Crippen MR) is 173 cm³/mol. The first-order valence-electron chi connectivity index (χ1n) is 14.2. The molecule has 44 heavy (non-hydrogen) atoms. The van der Waals surface area contributed by atoms with Gasteiger partial charge in [-0.1, -0.05) is 54.6 Å². The normalized spacial score (nSPS) is 12.6. The molecule has 0 unspecified atom stereocenters. The van der Waals surface area contributed by atoms with Gasteiger partial charge in [-0.25, -0.2) is 4.79 Å². The van der Waals surface area contributed by atoms with Crippen molar-refractivity contribution in [2.75, 3.05) is 11.5 Å². The molecule has 6 aromatic carbocycles. The molecule has 0 heterocycles. The fourth-order valence-corrected chi connectivity index (χ4v) is 6.09. The summed E-state index contributed by atoms with van der Waals surface area (Å²) in [5, 5.41) is 9.98. The van der Waals surface area contributed by atoms with Gasteiger partial charge < -0.3 is 26.0 Å². The second-order valence-electron chi connectivity index (χ2n) is 10.8. The molecular formula is C38H28N2O4. The van der Waals surface area contributed by atoms with Gasteiger partial charge >= 0.3 is 5.97 Å². The fourth-order valence-electron chi connectivity index (χ4n) is 6.09. The number of anilines is 2. The summed E-state index contributed by atoms with van der Waals surface area (Å²) in [5.74, 6) is 1.73. The average Bonchev–Trinajstić information content (AvgIpc) is 3.34. The van der Waals surface area contributed by atoms with Gasteiger partial charge in [0, 0.05) is 11.4 Å². The zero-order chi connectivity index (χ0) is 30.3. The first kappa shape index (κ1) is 26.9. The Hall–Kier alpha value is -6.01. The first-order valence-corrected chi connectivity index (χ1v) is 14.2. The number of carboxylic acid groups (broad SMARTS) is 1. The van der Waals surface area contributed by atoms with E-state index in [1.54, 1.807) is 36.4 Å². The molecule has 5 N–H and O–H groups in total. The molecule has 0 fully saturated rings. The minimum atomic E-state index is -0.975. The smallest absolute Gasteiger partial charge is 0.335 e. The molecule has 0 aromatic heterocycles. The summed E-state index contributed by atoms with van der Waals surface area (Å²) >= 11 is 0. The number of ether oxygens (including phenoxy) is 2. The maximum atomic E-state index is 12.2. The topological polar surface area (TPSA) is 108 Å². The van der Waals surface area contributed by atoms with E-state index in [0.717, 1.165) is 33.4 Å². The highest BCUT2D eigenvalue weighted by atomic mass is 16.5. The number of fused-ring (bicyclic) bond motifs is 3. The van der Waals surface area contributed by atoms with Crippen LogP contribution in [-0.2, 0) is 5.41 Å². The third-order valence-corrected chi connectivity index (χ3v) is 8.10. The SMILES string of the molecule is Nc1ccc(Oc2ccc(C3(c4ccc(Oc5ccc(N)cc5)cc4)c4ccccc4-c4ccc(C(=O)O)cc43)cc2)cc1. The van der Waals surface area contributed by atoms with Crippen molar-refractivity contribution in [2.24, 2.45) is 0 Å². The van der Waals surface area contributed by atoms with Crippen molar-refractivity contribution in [3.05, 3.63) is 167 Å². The Kier molecular flexibility index (Phi) is 6.52. The van der Waals surface area contributed by atoms with Crippen molar-refractivity contribution in [1.82, 2.24) is 0 Å². The van der Waals surface area contributed by atoms with Gasteiger partial charge in [0.05, 0.1) is 11.0 Å². The molecule has 1 aliphatic carbocycles. The second kappa shape index (κ2) is 10.7. The summed E-state index contributed by atoms with van der Waals surface area (Å²) in [6.45, 7) is 0. The van der Waals surface area contributed by atoms with Crippen LogP contribution in [0.5, 0.6) is 23.0 Å². The van der Waals surface area contributed by atoms with E-state index in [1.807, 2.05) is 91.0 Å². The molecule has 0 amide bonds. The van der Waals surface area contributed by atoms with Gasteiger partial charge in [-0.15, -0.1) is 0 Å². The van der Waals surface area contributed by atoms with E-state index >= 15 is 0 Å². The lowest BCUT2D eigenvalue weighted by molar-refractivity contribution is 0.0696.